The number of carboxylic acids is 1. The van der Waals surface area contributed by atoms with Crippen LogP contribution >= 0.6 is 0 Å². The molecule has 2 aliphatic rings. The number of carbonyl (C=O) groups is 2. The molecule has 1 heterocycles. The molecule has 0 unspecified atom stereocenters. The first-order valence-corrected chi connectivity index (χ1v) is 8.45. The quantitative estimate of drug-likeness (QED) is 0.766. The number of hydrogen-bond acceptors (Lipinski definition) is 3. The second-order valence-corrected chi connectivity index (χ2v) is 6.28. The van der Waals surface area contributed by atoms with E-state index in [1.807, 2.05) is 6.08 Å². The number of amides is 1. The third kappa shape index (κ3) is 5.44. The molecule has 0 atom stereocenters. The number of allylic oxidation sites excluding steroid dienone is 1. The van der Waals surface area contributed by atoms with Crippen molar-refractivity contribution in [2.75, 3.05) is 19.8 Å². The normalized spacial score (nSPS) is 21.1. The van der Waals surface area contributed by atoms with Crippen LogP contribution < -0.4 is 0 Å². The molecule has 1 N–H and O–H groups in total. The number of nitrogens with zero attached hydrogens (tertiary/aromatic N) is 1. The fraction of sp³-hybridized carbons (Fsp3) is 0.765. The molecule has 0 aromatic heterocycles. The summed E-state index contributed by atoms with van der Waals surface area (Å²) in [5, 5.41) is 8.90. The first-order chi connectivity index (χ1) is 10.7. The molecule has 0 aromatic rings. The van der Waals surface area contributed by atoms with Gasteiger partial charge in [-0.25, -0.2) is 0 Å². The van der Waals surface area contributed by atoms with Crippen molar-refractivity contribution in [2.45, 2.75) is 57.4 Å². The third-order valence-electron chi connectivity index (χ3n) is 4.64. The van der Waals surface area contributed by atoms with Crippen LogP contribution in [0.5, 0.6) is 0 Å². The molecule has 2 fully saturated rings. The van der Waals surface area contributed by atoms with Crippen LogP contribution in [0.15, 0.2) is 12.2 Å². The second kappa shape index (κ2) is 8.93. The smallest absolute Gasteiger partial charge is 0.305 e. The van der Waals surface area contributed by atoms with Gasteiger partial charge in [0.25, 0.3) is 0 Å². The van der Waals surface area contributed by atoms with E-state index in [1.165, 1.54) is 19.3 Å². The van der Waals surface area contributed by atoms with Crippen LogP contribution in [0.3, 0.4) is 0 Å². The Bertz CT molecular complexity index is 395. The van der Waals surface area contributed by atoms with Crippen molar-refractivity contribution < 1.29 is 19.4 Å². The fourth-order valence-corrected chi connectivity index (χ4v) is 3.33. The Kier molecular flexibility index (Phi) is 6.90. The average Bonchev–Trinajstić information content (AvgIpc) is 2.55. The Labute approximate surface area is 132 Å². The van der Waals surface area contributed by atoms with Gasteiger partial charge in [0.1, 0.15) is 0 Å². The predicted molar refractivity (Wildman–Crippen MR) is 83.5 cm³/mol. The second-order valence-electron chi connectivity index (χ2n) is 6.28. The molecule has 124 valence electrons. The molecule has 0 radical (unpaired) electrons. The minimum atomic E-state index is -0.860. The molecule has 1 amide bonds. The first-order valence-electron chi connectivity index (χ1n) is 8.45. The summed E-state index contributed by atoms with van der Waals surface area (Å²) >= 11 is 0. The van der Waals surface area contributed by atoms with Crippen LogP contribution in [0.1, 0.15) is 51.4 Å². The molecule has 1 aliphatic carbocycles. The number of carboxylic acid groups (broad SMARTS) is 1. The van der Waals surface area contributed by atoms with Crippen LogP contribution in [0.4, 0.5) is 0 Å². The molecule has 1 aliphatic heterocycles. The highest BCUT2D eigenvalue weighted by Gasteiger charge is 2.25. The van der Waals surface area contributed by atoms with E-state index in [9.17, 15) is 9.59 Å². The maximum absolute atomic E-state index is 12.5. The zero-order chi connectivity index (χ0) is 15.8. The van der Waals surface area contributed by atoms with E-state index in [0.717, 1.165) is 25.7 Å². The Balaban J connectivity index is 1.94. The topological polar surface area (TPSA) is 66.8 Å². The Morgan fingerprint density at radius 1 is 1.09 bits per heavy atom. The molecule has 5 nitrogen and oxygen atoms in total. The fourth-order valence-electron chi connectivity index (χ4n) is 3.33. The molecule has 1 saturated carbocycles. The summed E-state index contributed by atoms with van der Waals surface area (Å²) in [6.45, 7) is 1.58. The molecule has 0 spiro atoms. The van der Waals surface area contributed by atoms with Gasteiger partial charge in [0.15, 0.2) is 0 Å². The van der Waals surface area contributed by atoms with Crippen molar-refractivity contribution in [3.05, 3.63) is 12.2 Å². The number of aliphatic carboxylic acids is 1. The van der Waals surface area contributed by atoms with E-state index in [1.54, 1.807) is 11.0 Å². The lowest BCUT2D eigenvalue weighted by Gasteiger charge is -2.33. The van der Waals surface area contributed by atoms with Gasteiger partial charge in [-0.15, -0.1) is 0 Å². The summed E-state index contributed by atoms with van der Waals surface area (Å²) in [6, 6.07) is 0.108. The third-order valence-corrected chi connectivity index (χ3v) is 4.64. The lowest BCUT2D eigenvalue weighted by Crippen LogP contribution is -2.43. The highest BCUT2D eigenvalue weighted by Crippen LogP contribution is 2.24. The Morgan fingerprint density at radius 2 is 1.77 bits per heavy atom. The van der Waals surface area contributed by atoms with E-state index in [4.69, 9.17) is 9.84 Å². The maximum atomic E-state index is 12.5. The zero-order valence-corrected chi connectivity index (χ0v) is 13.2. The SMILES string of the molecule is O=C(O)CCN(C(=O)C=CC1CCCCC1)C1CCOCC1. The zero-order valence-electron chi connectivity index (χ0n) is 13.2. The molecule has 22 heavy (non-hydrogen) atoms. The molecule has 5 heteroatoms. The number of rotatable bonds is 6. The van der Waals surface area contributed by atoms with Crippen molar-refractivity contribution in [1.82, 2.24) is 4.90 Å². The van der Waals surface area contributed by atoms with Crippen LogP contribution in [0.25, 0.3) is 0 Å². The molecular weight excluding hydrogens is 282 g/mol. The van der Waals surface area contributed by atoms with Crippen molar-refractivity contribution in [3.63, 3.8) is 0 Å². The maximum Gasteiger partial charge on any atom is 0.305 e. The van der Waals surface area contributed by atoms with Gasteiger partial charge in [-0.05, 0) is 37.7 Å². The van der Waals surface area contributed by atoms with Crippen molar-refractivity contribution in [1.29, 1.82) is 0 Å². The average molecular weight is 309 g/mol. The van der Waals surface area contributed by atoms with Crippen LogP contribution in [0, 0.1) is 5.92 Å². The largest absolute Gasteiger partial charge is 0.481 e. The summed E-state index contributed by atoms with van der Waals surface area (Å²) in [7, 11) is 0. The predicted octanol–water partition coefficient (Wildman–Crippen LogP) is 2.61. The van der Waals surface area contributed by atoms with Gasteiger partial charge in [-0.1, -0.05) is 25.3 Å². The summed E-state index contributed by atoms with van der Waals surface area (Å²) in [5.41, 5.74) is 0. The van der Waals surface area contributed by atoms with Crippen LogP contribution in [-0.2, 0) is 14.3 Å². The van der Waals surface area contributed by atoms with Crippen molar-refractivity contribution >= 4 is 11.9 Å². The minimum absolute atomic E-state index is 0.000363. The summed E-state index contributed by atoms with van der Waals surface area (Å²) in [5.74, 6) is -0.395. The highest BCUT2D eigenvalue weighted by molar-refractivity contribution is 5.88. The van der Waals surface area contributed by atoms with Gasteiger partial charge in [-0.2, -0.15) is 0 Å². The Hall–Kier alpha value is -1.36. The molecule has 1 saturated heterocycles. The standard InChI is InChI=1S/C17H27NO4/c19-16(7-6-14-4-2-1-3-5-14)18(11-8-17(20)21)15-9-12-22-13-10-15/h6-7,14-15H,1-5,8-13H2,(H,20,21). The van der Waals surface area contributed by atoms with Gasteiger partial charge < -0.3 is 14.7 Å². The minimum Gasteiger partial charge on any atom is -0.481 e. The van der Waals surface area contributed by atoms with Gasteiger partial charge in [0.05, 0.1) is 6.42 Å². The molecule has 0 bridgehead atoms. The van der Waals surface area contributed by atoms with E-state index >= 15 is 0 Å². The van der Waals surface area contributed by atoms with Crippen molar-refractivity contribution in [2.24, 2.45) is 5.92 Å². The Morgan fingerprint density at radius 3 is 2.41 bits per heavy atom. The van der Waals surface area contributed by atoms with Crippen LogP contribution in [0.2, 0.25) is 0 Å². The van der Waals surface area contributed by atoms with E-state index in [2.05, 4.69) is 0 Å². The highest BCUT2D eigenvalue weighted by atomic mass is 16.5. The van der Waals surface area contributed by atoms with Gasteiger partial charge >= 0.3 is 5.97 Å². The van der Waals surface area contributed by atoms with E-state index in [0.29, 0.717) is 19.1 Å². The summed E-state index contributed by atoms with van der Waals surface area (Å²) in [4.78, 5) is 25.1. The number of ether oxygens (including phenoxy) is 1. The van der Waals surface area contributed by atoms with Gasteiger partial charge in [0.2, 0.25) is 5.91 Å². The number of hydrogen-bond donors (Lipinski definition) is 1. The monoisotopic (exact) mass is 309 g/mol. The summed E-state index contributed by atoms with van der Waals surface area (Å²) < 4.78 is 5.34. The molecular formula is C17H27NO4. The number of carbonyl (C=O) groups excluding carboxylic acids is 1. The van der Waals surface area contributed by atoms with Gasteiger partial charge in [-0.3, -0.25) is 9.59 Å². The van der Waals surface area contributed by atoms with E-state index in [-0.39, 0.29) is 24.9 Å². The van der Waals surface area contributed by atoms with Gasteiger partial charge in [0, 0.05) is 25.8 Å². The lowest BCUT2D eigenvalue weighted by molar-refractivity contribution is -0.138. The summed E-state index contributed by atoms with van der Waals surface area (Å²) in [6.07, 6.45) is 11.4. The molecule has 0 aromatic carbocycles. The van der Waals surface area contributed by atoms with Crippen LogP contribution in [-0.4, -0.2) is 47.7 Å². The lowest BCUT2D eigenvalue weighted by atomic mass is 9.89. The van der Waals surface area contributed by atoms with Crippen molar-refractivity contribution in [3.8, 4) is 0 Å². The molecule has 2 rings (SSSR count). The first kappa shape index (κ1) is 17.0. The van der Waals surface area contributed by atoms with E-state index < -0.39 is 5.97 Å².